The SMILES string of the molecule is CCN(CC)S(=O)(=O)c1ccc(=O)n(CC(=O)c2cc(C)c(C)cc2C)c1. The summed E-state index contributed by atoms with van der Waals surface area (Å²) in [6.07, 6.45) is 1.25. The first kappa shape index (κ1) is 21.1. The van der Waals surface area contributed by atoms with E-state index in [-0.39, 0.29) is 17.2 Å². The maximum Gasteiger partial charge on any atom is 0.251 e. The third-order valence-electron chi connectivity index (χ3n) is 4.75. The van der Waals surface area contributed by atoms with Gasteiger partial charge in [0.2, 0.25) is 10.0 Å². The third-order valence-corrected chi connectivity index (χ3v) is 6.79. The molecule has 1 aromatic heterocycles. The van der Waals surface area contributed by atoms with Crippen molar-refractivity contribution >= 4 is 15.8 Å². The van der Waals surface area contributed by atoms with E-state index in [1.165, 1.54) is 22.6 Å². The molecule has 0 N–H and O–H groups in total. The normalized spacial score (nSPS) is 11.8. The number of ketones is 1. The Kier molecular flexibility index (Phi) is 6.38. The van der Waals surface area contributed by atoms with Crippen LogP contribution < -0.4 is 5.56 Å². The summed E-state index contributed by atoms with van der Waals surface area (Å²) in [6.45, 7) is 9.72. The number of Topliss-reactive ketones (excluding diaryl/α,β-unsaturated/α-hetero) is 1. The Morgan fingerprint density at radius 1 is 1.00 bits per heavy atom. The number of aromatic nitrogens is 1. The maximum atomic E-state index is 12.7. The van der Waals surface area contributed by atoms with Gasteiger partial charge in [-0.05, 0) is 49.6 Å². The standard InChI is InChI=1S/C20H26N2O4S/c1-6-22(7-2)27(25,26)17-8-9-20(24)21(12-17)13-19(23)18-11-15(4)14(3)10-16(18)5/h8-12H,6-7,13H2,1-5H3. The zero-order valence-electron chi connectivity index (χ0n) is 16.4. The van der Waals surface area contributed by atoms with Gasteiger partial charge in [0, 0.05) is 30.9 Å². The molecule has 0 fully saturated rings. The minimum absolute atomic E-state index is 0.00964. The predicted octanol–water partition coefficient (Wildman–Crippen LogP) is 2.69. The fourth-order valence-corrected chi connectivity index (χ4v) is 4.48. The van der Waals surface area contributed by atoms with Crippen LogP contribution in [0.15, 0.2) is 40.2 Å². The van der Waals surface area contributed by atoms with Crippen molar-refractivity contribution < 1.29 is 13.2 Å². The summed E-state index contributed by atoms with van der Waals surface area (Å²) in [6, 6.07) is 6.23. The molecule has 0 bridgehead atoms. The summed E-state index contributed by atoms with van der Waals surface area (Å²) in [5.41, 5.74) is 3.05. The van der Waals surface area contributed by atoms with E-state index in [1.807, 2.05) is 32.9 Å². The highest BCUT2D eigenvalue weighted by molar-refractivity contribution is 7.89. The van der Waals surface area contributed by atoms with Crippen LogP contribution in [0, 0.1) is 20.8 Å². The fourth-order valence-electron chi connectivity index (χ4n) is 3.00. The smallest absolute Gasteiger partial charge is 0.251 e. The number of aryl methyl sites for hydroxylation is 3. The first-order valence-electron chi connectivity index (χ1n) is 8.93. The van der Waals surface area contributed by atoms with E-state index in [1.54, 1.807) is 13.8 Å². The lowest BCUT2D eigenvalue weighted by molar-refractivity contribution is 0.0970. The van der Waals surface area contributed by atoms with Crippen LogP contribution >= 0.6 is 0 Å². The summed E-state index contributed by atoms with van der Waals surface area (Å²) >= 11 is 0. The van der Waals surface area contributed by atoms with Crippen LogP contribution in [-0.4, -0.2) is 36.2 Å². The molecule has 0 amide bonds. The number of benzene rings is 1. The van der Waals surface area contributed by atoms with Crippen molar-refractivity contribution in [2.45, 2.75) is 46.1 Å². The first-order chi connectivity index (χ1) is 12.6. The summed E-state index contributed by atoms with van der Waals surface area (Å²) < 4.78 is 27.8. The van der Waals surface area contributed by atoms with Crippen LogP contribution in [0.4, 0.5) is 0 Å². The van der Waals surface area contributed by atoms with Crippen molar-refractivity contribution in [3.8, 4) is 0 Å². The highest BCUT2D eigenvalue weighted by Gasteiger charge is 2.23. The van der Waals surface area contributed by atoms with Crippen LogP contribution in [-0.2, 0) is 16.6 Å². The lowest BCUT2D eigenvalue weighted by Gasteiger charge is -2.19. The number of carbonyl (C=O) groups is 1. The first-order valence-corrected chi connectivity index (χ1v) is 10.4. The molecule has 0 saturated heterocycles. The van der Waals surface area contributed by atoms with Gasteiger partial charge in [0.25, 0.3) is 5.56 Å². The summed E-state index contributed by atoms with van der Waals surface area (Å²) in [5.74, 6) is -0.227. The van der Waals surface area contributed by atoms with E-state index in [0.29, 0.717) is 18.7 Å². The molecule has 6 nitrogen and oxygen atoms in total. The second kappa shape index (κ2) is 8.19. The molecular weight excluding hydrogens is 364 g/mol. The number of hydrogen-bond donors (Lipinski definition) is 0. The highest BCUT2D eigenvalue weighted by atomic mass is 32.2. The second-order valence-electron chi connectivity index (χ2n) is 6.59. The minimum atomic E-state index is -3.70. The lowest BCUT2D eigenvalue weighted by Crippen LogP contribution is -2.32. The molecular formula is C20H26N2O4S. The summed E-state index contributed by atoms with van der Waals surface area (Å²) in [7, 11) is -3.70. The average Bonchev–Trinajstić information content (AvgIpc) is 2.60. The zero-order chi connectivity index (χ0) is 20.4. The van der Waals surface area contributed by atoms with Crippen molar-refractivity contribution in [1.82, 2.24) is 8.87 Å². The number of pyridine rings is 1. The van der Waals surface area contributed by atoms with E-state index >= 15 is 0 Å². The molecule has 0 saturated carbocycles. The Balaban J connectivity index is 2.42. The van der Waals surface area contributed by atoms with Gasteiger partial charge in [-0.1, -0.05) is 19.9 Å². The van der Waals surface area contributed by atoms with Gasteiger partial charge in [0.15, 0.2) is 5.78 Å². The Labute approximate surface area is 160 Å². The van der Waals surface area contributed by atoms with Crippen molar-refractivity contribution in [2.24, 2.45) is 0 Å². The van der Waals surface area contributed by atoms with Gasteiger partial charge in [-0.2, -0.15) is 4.31 Å². The number of rotatable bonds is 7. The van der Waals surface area contributed by atoms with Crippen molar-refractivity contribution in [2.75, 3.05) is 13.1 Å². The maximum absolute atomic E-state index is 12.7. The zero-order valence-corrected chi connectivity index (χ0v) is 17.3. The van der Waals surface area contributed by atoms with Gasteiger partial charge in [-0.15, -0.1) is 0 Å². The molecule has 0 unspecified atom stereocenters. The molecule has 1 aromatic carbocycles. The van der Waals surface area contributed by atoms with Crippen LogP contribution in [0.5, 0.6) is 0 Å². The Hall–Kier alpha value is -2.25. The molecule has 1 heterocycles. The Morgan fingerprint density at radius 2 is 1.59 bits per heavy atom. The fraction of sp³-hybridized carbons (Fsp3) is 0.400. The highest BCUT2D eigenvalue weighted by Crippen LogP contribution is 2.17. The van der Waals surface area contributed by atoms with Gasteiger partial charge in [0.05, 0.1) is 11.4 Å². The Bertz CT molecular complexity index is 1020. The van der Waals surface area contributed by atoms with Crippen molar-refractivity contribution in [3.05, 3.63) is 63.1 Å². The van der Waals surface area contributed by atoms with Crippen molar-refractivity contribution in [3.63, 3.8) is 0 Å². The molecule has 2 aromatic rings. The second-order valence-corrected chi connectivity index (χ2v) is 8.53. The van der Waals surface area contributed by atoms with Crippen molar-refractivity contribution in [1.29, 1.82) is 0 Å². The Morgan fingerprint density at radius 3 is 2.19 bits per heavy atom. The van der Waals surface area contributed by atoms with E-state index in [0.717, 1.165) is 21.3 Å². The molecule has 0 aliphatic carbocycles. The van der Waals surface area contributed by atoms with Crippen LogP contribution in [0.2, 0.25) is 0 Å². The molecule has 27 heavy (non-hydrogen) atoms. The number of sulfonamides is 1. The van der Waals surface area contributed by atoms with E-state index < -0.39 is 15.6 Å². The van der Waals surface area contributed by atoms with Gasteiger partial charge in [-0.3, -0.25) is 9.59 Å². The summed E-state index contributed by atoms with van der Waals surface area (Å²) in [4.78, 5) is 24.9. The quantitative estimate of drug-likeness (QED) is 0.681. The predicted molar refractivity (Wildman–Crippen MR) is 106 cm³/mol. The molecule has 7 heteroatoms. The lowest BCUT2D eigenvalue weighted by atomic mass is 9.98. The largest absolute Gasteiger partial charge is 0.306 e. The third kappa shape index (κ3) is 4.36. The molecule has 0 aliphatic heterocycles. The van der Waals surface area contributed by atoms with Crippen LogP contribution in [0.1, 0.15) is 40.9 Å². The van der Waals surface area contributed by atoms with Gasteiger partial charge in [-0.25, -0.2) is 8.42 Å². The van der Waals surface area contributed by atoms with Crippen LogP contribution in [0.25, 0.3) is 0 Å². The van der Waals surface area contributed by atoms with E-state index in [4.69, 9.17) is 0 Å². The average molecular weight is 391 g/mol. The minimum Gasteiger partial charge on any atom is -0.306 e. The molecule has 0 aliphatic rings. The topological polar surface area (TPSA) is 76.5 Å². The van der Waals surface area contributed by atoms with Gasteiger partial charge < -0.3 is 4.57 Å². The molecule has 0 atom stereocenters. The van der Waals surface area contributed by atoms with E-state index in [9.17, 15) is 18.0 Å². The van der Waals surface area contributed by atoms with E-state index in [2.05, 4.69) is 0 Å². The molecule has 2 rings (SSSR count). The van der Waals surface area contributed by atoms with Crippen LogP contribution in [0.3, 0.4) is 0 Å². The molecule has 0 radical (unpaired) electrons. The molecule has 146 valence electrons. The molecule has 0 spiro atoms. The summed E-state index contributed by atoms with van der Waals surface area (Å²) in [5, 5.41) is 0. The van der Waals surface area contributed by atoms with Gasteiger partial charge >= 0.3 is 0 Å². The van der Waals surface area contributed by atoms with Gasteiger partial charge in [0.1, 0.15) is 0 Å². The number of nitrogens with zero attached hydrogens (tertiary/aromatic N) is 2. The number of hydrogen-bond acceptors (Lipinski definition) is 4. The monoisotopic (exact) mass is 390 g/mol. The number of carbonyl (C=O) groups excluding carboxylic acids is 1.